The minimum Gasteiger partial charge on any atom is -0.373 e. The van der Waals surface area contributed by atoms with E-state index < -0.39 is 0 Å². The lowest BCUT2D eigenvalue weighted by molar-refractivity contribution is -0.121. The topological polar surface area (TPSA) is 82.7 Å². The summed E-state index contributed by atoms with van der Waals surface area (Å²) in [4.78, 5) is 26.1. The van der Waals surface area contributed by atoms with Crippen LogP contribution >= 0.6 is 0 Å². The van der Waals surface area contributed by atoms with Crippen LogP contribution in [0.4, 0.5) is 4.79 Å². The van der Waals surface area contributed by atoms with Crippen LogP contribution in [-0.2, 0) is 9.53 Å². The molecule has 0 bridgehead atoms. The SMILES string of the molecule is O=C(CCNC(=O)NC[C@@H]1CN2CCC[C@H]2CO1)NC1CCCC1. The largest absolute Gasteiger partial charge is 0.373 e. The molecule has 0 unspecified atom stereocenters. The van der Waals surface area contributed by atoms with E-state index in [4.69, 9.17) is 4.74 Å². The molecule has 0 aromatic carbocycles. The van der Waals surface area contributed by atoms with E-state index in [1.165, 1.54) is 25.7 Å². The van der Waals surface area contributed by atoms with Crippen molar-refractivity contribution in [3.05, 3.63) is 0 Å². The van der Waals surface area contributed by atoms with Crippen molar-refractivity contribution in [2.24, 2.45) is 0 Å². The fourth-order valence-electron chi connectivity index (χ4n) is 3.94. The van der Waals surface area contributed by atoms with Gasteiger partial charge in [0.15, 0.2) is 0 Å². The Balaban J connectivity index is 1.24. The number of amides is 3. The number of hydrogen-bond acceptors (Lipinski definition) is 4. The molecule has 2 saturated heterocycles. The van der Waals surface area contributed by atoms with E-state index in [1.54, 1.807) is 0 Å². The average molecular weight is 338 g/mol. The minimum absolute atomic E-state index is 0.0258. The van der Waals surface area contributed by atoms with Crippen LogP contribution in [0.1, 0.15) is 44.9 Å². The van der Waals surface area contributed by atoms with E-state index in [-0.39, 0.29) is 18.0 Å². The molecule has 0 aromatic heterocycles. The minimum atomic E-state index is -0.226. The van der Waals surface area contributed by atoms with Gasteiger partial charge >= 0.3 is 6.03 Å². The van der Waals surface area contributed by atoms with Crippen LogP contribution < -0.4 is 16.0 Å². The summed E-state index contributed by atoms with van der Waals surface area (Å²) in [5.74, 6) is 0.0258. The fourth-order valence-corrected chi connectivity index (χ4v) is 3.94. The second-order valence-corrected chi connectivity index (χ2v) is 7.18. The van der Waals surface area contributed by atoms with Gasteiger partial charge in [-0.15, -0.1) is 0 Å². The van der Waals surface area contributed by atoms with Crippen LogP contribution in [0.3, 0.4) is 0 Å². The Kier molecular flexibility index (Phi) is 6.31. The van der Waals surface area contributed by atoms with Crippen LogP contribution in [0.5, 0.6) is 0 Å². The first kappa shape index (κ1) is 17.5. The lowest BCUT2D eigenvalue weighted by Crippen LogP contribution is -2.51. The number of carbonyl (C=O) groups excluding carboxylic acids is 2. The molecule has 1 saturated carbocycles. The summed E-state index contributed by atoms with van der Waals surface area (Å²) in [6, 6.07) is 0.688. The Morgan fingerprint density at radius 3 is 2.75 bits per heavy atom. The fraction of sp³-hybridized carbons (Fsp3) is 0.882. The van der Waals surface area contributed by atoms with Crippen LogP contribution in [-0.4, -0.2) is 67.8 Å². The van der Waals surface area contributed by atoms with Crippen LogP contribution in [0, 0.1) is 0 Å². The van der Waals surface area contributed by atoms with Crippen molar-refractivity contribution in [1.29, 1.82) is 0 Å². The highest BCUT2D eigenvalue weighted by molar-refractivity contribution is 5.78. The average Bonchev–Trinajstić information content (AvgIpc) is 3.23. The van der Waals surface area contributed by atoms with Crippen molar-refractivity contribution in [2.75, 3.05) is 32.8 Å². The lowest BCUT2D eigenvalue weighted by Gasteiger charge is -2.35. The number of rotatable bonds is 6. The van der Waals surface area contributed by atoms with Gasteiger partial charge in [-0.25, -0.2) is 4.79 Å². The Morgan fingerprint density at radius 1 is 1.08 bits per heavy atom. The Hall–Kier alpha value is -1.34. The smallest absolute Gasteiger partial charge is 0.314 e. The zero-order chi connectivity index (χ0) is 16.8. The number of nitrogens with one attached hydrogen (secondary N) is 3. The molecule has 2 atom stereocenters. The van der Waals surface area contributed by atoms with Gasteiger partial charge in [-0.1, -0.05) is 12.8 Å². The molecule has 136 valence electrons. The maximum atomic E-state index is 11.8. The third kappa shape index (κ3) is 5.08. The van der Waals surface area contributed by atoms with Crippen molar-refractivity contribution in [3.63, 3.8) is 0 Å². The summed E-state index contributed by atoms with van der Waals surface area (Å²) >= 11 is 0. The summed E-state index contributed by atoms with van der Waals surface area (Å²) in [6.07, 6.45) is 7.44. The Bertz CT molecular complexity index is 440. The number of fused-ring (bicyclic) bond motifs is 1. The third-order valence-electron chi connectivity index (χ3n) is 5.31. The van der Waals surface area contributed by atoms with Gasteiger partial charge in [-0.05, 0) is 32.2 Å². The molecule has 7 heteroatoms. The highest BCUT2D eigenvalue weighted by atomic mass is 16.5. The summed E-state index contributed by atoms with van der Waals surface area (Å²) in [5, 5.41) is 8.61. The predicted octanol–water partition coefficient (Wildman–Crippen LogP) is 0.598. The first-order valence-corrected chi connectivity index (χ1v) is 9.37. The normalized spacial score (nSPS) is 27.7. The Labute approximate surface area is 143 Å². The molecular weight excluding hydrogens is 308 g/mol. The number of urea groups is 1. The summed E-state index contributed by atoms with van der Waals surface area (Å²) in [7, 11) is 0. The molecular formula is C17H30N4O3. The number of nitrogens with zero attached hydrogens (tertiary/aromatic N) is 1. The molecule has 7 nitrogen and oxygen atoms in total. The molecule has 24 heavy (non-hydrogen) atoms. The first-order valence-electron chi connectivity index (χ1n) is 9.37. The zero-order valence-electron chi connectivity index (χ0n) is 14.4. The maximum absolute atomic E-state index is 11.8. The molecule has 3 N–H and O–H groups in total. The maximum Gasteiger partial charge on any atom is 0.314 e. The van der Waals surface area contributed by atoms with E-state index >= 15 is 0 Å². The van der Waals surface area contributed by atoms with Gasteiger partial charge in [0.05, 0.1) is 12.7 Å². The Morgan fingerprint density at radius 2 is 1.92 bits per heavy atom. The van der Waals surface area contributed by atoms with Gasteiger partial charge in [-0.2, -0.15) is 0 Å². The van der Waals surface area contributed by atoms with Gasteiger partial charge in [0.1, 0.15) is 0 Å². The zero-order valence-corrected chi connectivity index (χ0v) is 14.4. The summed E-state index contributed by atoms with van der Waals surface area (Å²) < 4.78 is 5.81. The standard InChI is InChI=1S/C17H30N4O3/c22-16(20-13-4-1-2-5-13)7-8-18-17(23)19-10-15-11-21-9-3-6-14(21)12-24-15/h13-15H,1-12H2,(H,20,22)(H2,18,19,23)/t14-,15+/m0/s1. The molecule has 0 aromatic rings. The molecule has 3 rings (SSSR count). The summed E-state index contributed by atoms with van der Waals surface area (Å²) in [6.45, 7) is 3.70. The second-order valence-electron chi connectivity index (χ2n) is 7.18. The molecule has 3 amide bonds. The lowest BCUT2D eigenvalue weighted by atomic mass is 10.2. The molecule has 0 radical (unpaired) electrons. The van der Waals surface area contributed by atoms with E-state index in [1.807, 2.05) is 0 Å². The van der Waals surface area contributed by atoms with Crippen molar-refractivity contribution in [1.82, 2.24) is 20.9 Å². The van der Waals surface area contributed by atoms with Crippen LogP contribution in [0.2, 0.25) is 0 Å². The number of ether oxygens (including phenoxy) is 1. The van der Waals surface area contributed by atoms with E-state index in [0.29, 0.717) is 31.6 Å². The van der Waals surface area contributed by atoms with E-state index in [2.05, 4.69) is 20.9 Å². The summed E-state index contributed by atoms with van der Waals surface area (Å²) in [5.41, 5.74) is 0. The molecule has 0 spiro atoms. The molecule has 3 aliphatic rings. The number of carbonyl (C=O) groups is 2. The predicted molar refractivity (Wildman–Crippen MR) is 90.8 cm³/mol. The highest BCUT2D eigenvalue weighted by Gasteiger charge is 2.32. The highest BCUT2D eigenvalue weighted by Crippen LogP contribution is 2.22. The molecule has 2 aliphatic heterocycles. The van der Waals surface area contributed by atoms with Crippen molar-refractivity contribution in [3.8, 4) is 0 Å². The van der Waals surface area contributed by atoms with Crippen molar-refractivity contribution >= 4 is 11.9 Å². The molecule has 2 heterocycles. The van der Waals surface area contributed by atoms with Gasteiger partial charge in [0.25, 0.3) is 0 Å². The van der Waals surface area contributed by atoms with Crippen LogP contribution in [0.25, 0.3) is 0 Å². The van der Waals surface area contributed by atoms with E-state index in [0.717, 1.165) is 32.5 Å². The van der Waals surface area contributed by atoms with Crippen LogP contribution in [0.15, 0.2) is 0 Å². The van der Waals surface area contributed by atoms with Gasteiger partial charge in [-0.3, -0.25) is 9.69 Å². The van der Waals surface area contributed by atoms with Gasteiger partial charge in [0.2, 0.25) is 5.91 Å². The van der Waals surface area contributed by atoms with Gasteiger partial charge < -0.3 is 20.7 Å². The monoisotopic (exact) mass is 338 g/mol. The quantitative estimate of drug-likeness (QED) is 0.662. The first-order chi connectivity index (χ1) is 11.7. The number of hydrogen-bond donors (Lipinski definition) is 3. The van der Waals surface area contributed by atoms with E-state index in [9.17, 15) is 9.59 Å². The van der Waals surface area contributed by atoms with Gasteiger partial charge in [0, 0.05) is 38.1 Å². The molecule has 3 fully saturated rings. The number of morpholine rings is 1. The third-order valence-corrected chi connectivity index (χ3v) is 5.31. The van der Waals surface area contributed by atoms with Crippen molar-refractivity contribution < 1.29 is 14.3 Å². The second kappa shape index (κ2) is 8.67. The molecule has 1 aliphatic carbocycles. The van der Waals surface area contributed by atoms with Crippen molar-refractivity contribution in [2.45, 2.75) is 63.1 Å².